The van der Waals surface area contributed by atoms with Gasteiger partial charge in [-0.1, -0.05) is 30.3 Å². The molecule has 6 heteroatoms. The molecule has 0 aliphatic carbocycles. The Morgan fingerprint density at radius 2 is 1.66 bits per heavy atom. The number of rotatable bonds is 9. The van der Waals surface area contributed by atoms with Gasteiger partial charge in [-0.25, -0.2) is 0 Å². The van der Waals surface area contributed by atoms with Gasteiger partial charge in [0.15, 0.2) is 0 Å². The number of carbonyl (C=O) groups excluding carboxylic acids is 1. The molecule has 0 atom stereocenters. The van der Waals surface area contributed by atoms with Gasteiger partial charge in [-0.15, -0.1) is 0 Å². The lowest BCUT2D eigenvalue weighted by atomic mass is 10.2. The molecular weight excluding hydrogens is 402 g/mol. The minimum absolute atomic E-state index is 0.160. The molecule has 0 aliphatic heterocycles. The fraction of sp³-hybridized carbons (Fsp3) is 0.115. The highest BCUT2D eigenvalue weighted by molar-refractivity contribution is 5.94. The van der Waals surface area contributed by atoms with Gasteiger partial charge in [0.1, 0.15) is 24.7 Å². The Kier molecular flexibility index (Phi) is 7.06. The zero-order valence-electron chi connectivity index (χ0n) is 17.5. The quantitative estimate of drug-likeness (QED) is 0.425. The van der Waals surface area contributed by atoms with Crippen molar-refractivity contribution in [2.24, 2.45) is 0 Å². The van der Waals surface area contributed by atoms with Gasteiger partial charge in [0.2, 0.25) is 0 Å². The predicted octanol–water partition coefficient (Wildman–Crippen LogP) is 4.56. The zero-order valence-corrected chi connectivity index (χ0v) is 17.5. The summed E-state index contributed by atoms with van der Waals surface area (Å²) in [6.45, 7) is 1.23. The van der Waals surface area contributed by atoms with Crippen molar-refractivity contribution in [2.45, 2.75) is 19.8 Å². The first-order chi connectivity index (χ1) is 15.8. The smallest absolute Gasteiger partial charge is 0.251 e. The van der Waals surface area contributed by atoms with Gasteiger partial charge in [0.25, 0.3) is 5.91 Å². The molecule has 2 heterocycles. The van der Waals surface area contributed by atoms with Crippen LogP contribution in [0.3, 0.4) is 0 Å². The third kappa shape index (κ3) is 6.15. The van der Waals surface area contributed by atoms with Crippen molar-refractivity contribution < 1.29 is 14.3 Å². The van der Waals surface area contributed by atoms with E-state index < -0.39 is 0 Å². The summed E-state index contributed by atoms with van der Waals surface area (Å²) >= 11 is 0. The van der Waals surface area contributed by atoms with E-state index in [4.69, 9.17) is 9.47 Å². The summed E-state index contributed by atoms with van der Waals surface area (Å²) in [6, 6.07) is 24.3. The third-order valence-corrected chi connectivity index (χ3v) is 4.71. The number of nitrogens with zero attached hydrogens (tertiary/aromatic N) is 2. The maximum Gasteiger partial charge on any atom is 0.251 e. The summed E-state index contributed by atoms with van der Waals surface area (Å²) in [6.07, 6.45) is 5.22. The number of aromatic nitrogens is 2. The molecule has 2 aromatic carbocycles. The Morgan fingerprint density at radius 3 is 2.44 bits per heavy atom. The molecule has 1 N–H and O–H groups in total. The second-order valence-corrected chi connectivity index (χ2v) is 7.11. The van der Waals surface area contributed by atoms with Crippen LogP contribution in [0.2, 0.25) is 0 Å². The van der Waals surface area contributed by atoms with Crippen molar-refractivity contribution in [3.63, 3.8) is 0 Å². The van der Waals surface area contributed by atoms with Gasteiger partial charge < -0.3 is 14.8 Å². The van der Waals surface area contributed by atoms with Gasteiger partial charge in [-0.3, -0.25) is 14.8 Å². The summed E-state index contributed by atoms with van der Waals surface area (Å²) in [7, 11) is 0. The minimum Gasteiger partial charge on any atom is -0.489 e. The van der Waals surface area contributed by atoms with Crippen LogP contribution in [0.15, 0.2) is 97.5 Å². The summed E-state index contributed by atoms with van der Waals surface area (Å²) in [5.41, 5.74) is 3.36. The Balaban J connectivity index is 1.27. The van der Waals surface area contributed by atoms with Gasteiger partial charge in [0.05, 0.1) is 5.69 Å². The number of nitrogens with one attached hydrogen (secondary N) is 1. The second kappa shape index (κ2) is 10.7. The van der Waals surface area contributed by atoms with E-state index in [2.05, 4.69) is 15.3 Å². The van der Waals surface area contributed by atoms with Crippen molar-refractivity contribution in [1.29, 1.82) is 0 Å². The highest BCUT2D eigenvalue weighted by atomic mass is 16.5. The molecular formula is C26H23N3O3. The fourth-order valence-corrected chi connectivity index (χ4v) is 3.01. The van der Waals surface area contributed by atoms with Crippen LogP contribution in [0.5, 0.6) is 11.5 Å². The van der Waals surface area contributed by atoms with Gasteiger partial charge >= 0.3 is 0 Å². The zero-order chi connectivity index (χ0) is 22.0. The first kappa shape index (κ1) is 21.1. The first-order valence-electron chi connectivity index (χ1n) is 10.3. The number of amides is 1. The SMILES string of the molecule is O=C(NCc1ccc(OCc2ccccn2)cc1)c1cccc(OCc2cccnc2)c1. The maximum absolute atomic E-state index is 12.6. The Bertz CT molecular complexity index is 1130. The number of benzene rings is 2. The highest BCUT2D eigenvalue weighted by Crippen LogP contribution is 2.16. The number of hydrogen-bond acceptors (Lipinski definition) is 5. The summed E-state index contributed by atoms with van der Waals surface area (Å²) in [5.74, 6) is 1.23. The molecule has 4 rings (SSSR count). The average Bonchev–Trinajstić information content (AvgIpc) is 2.87. The maximum atomic E-state index is 12.6. The van der Waals surface area contributed by atoms with Crippen LogP contribution in [0.4, 0.5) is 0 Å². The molecule has 1 amide bonds. The molecule has 0 fully saturated rings. The standard InChI is InChI=1S/C26H23N3O3/c30-26(22-6-3-8-25(15-22)31-18-21-5-4-13-27-16-21)29-17-20-9-11-24(12-10-20)32-19-23-7-1-2-14-28-23/h1-16H,17-19H2,(H,29,30). The highest BCUT2D eigenvalue weighted by Gasteiger charge is 2.07. The molecule has 0 saturated carbocycles. The normalized spacial score (nSPS) is 10.4. The lowest BCUT2D eigenvalue weighted by Crippen LogP contribution is -2.22. The predicted molar refractivity (Wildman–Crippen MR) is 121 cm³/mol. The van der Waals surface area contributed by atoms with E-state index in [1.807, 2.05) is 60.7 Å². The molecule has 0 unspecified atom stereocenters. The van der Waals surface area contributed by atoms with Gasteiger partial charge in [0, 0.05) is 36.3 Å². The molecule has 6 nitrogen and oxygen atoms in total. The van der Waals surface area contributed by atoms with E-state index in [1.165, 1.54) is 0 Å². The largest absolute Gasteiger partial charge is 0.489 e. The molecule has 0 bridgehead atoms. The number of pyridine rings is 2. The van der Waals surface area contributed by atoms with Crippen molar-refractivity contribution >= 4 is 5.91 Å². The Labute approximate surface area is 186 Å². The van der Waals surface area contributed by atoms with Crippen molar-refractivity contribution in [1.82, 2.24) is 15.3 Å². The minimum atomic E-state index is -0.160. The lowest BCUT2D eigenvalue weighted by Gasteiger charge is -2.10. The van der Waals surface area contributed by atoms with E-state index in [9.17, 15) is 4.79 Å². The molecule has 4 aromatic rings. The molecule has 0 radical (unpaired) electrons. The summed E-state index contributed by atoms with van der Waals surface area (Å²) < 4.78 is 11.5. The van der Waals surface area contributed by atoms with Crippen molar-refractivity contribution in [3.05, 3.63) is 120 Å². The number of ether oxygens (including phenoxy) is 2. The molecule has 0 aliphatic rings. The molecule has 32 heavy (non-hydrogen) atoms. The van der Waals surface area contributed by atoms with E-state index in [0.29, 0.717) is 31.1 Å². The molecule has 2 aromatic heterocycles. The van der Waals surface area contributed by atoms with Crippen LogP contribution in [-0.4, -0.2) is 15.9 Å². The van der Waals surface area contributed by atoms with E-state index >= 15 is 0 Å². The van der Waals surface area contributed by atoms with E-state index in [1.54, 1.807) is 36.8 Å². The van der Waals surface area contributed by atoms with Crippen LogP contribution >= 0.6 is 0 Å². The Morgan fingerprint density at radius 1 is 0.781 bits per heavy atom. The van der Waals surface area contributed by atoms with E-state index in [0.717, 1.165) is 22.6 Å². The Hall–Kier alpha value is -4.19. The number of hydrogen-bond donors (Lipinski definition) is 1. The average molecular weight is 425 g/mol. The molecule has 160 valence electrons. The van der Waals surface area contributed by atoms with Crippen LogP contribution < -0.4 is 14.8 Å². The lowest BCUT2D eigenvalue weighted by molar-refractivity contribution is 0.0950. The van der Waals surface area contributed by atoms with Crippen molar-refractivity contribution in [2.75, 3.05) is 0 Å². The van der Waals surface area contributed by atoms with Crippen LogP contribution in [0.1, 0.15) is 27.2 Å². The molecule has 0 spiro atoms. The first-order valence-corrected chi connectivity index (χ1v) is 10.3. The van der Waals surface area contributed by atoms with Gasteiger partial charge in [-0.05, 0) is 54.1 Å². The number of carbonyl (C=O) groups is 1. The van der Waals surface area contributed by atoms with Crippen LogP contribution in [-0.2, 0) is 19.8 Å². The fourth-order valence-electron chi connectivity index (χ4n) is 3.01. The summed E-state index contributed by atoms with van der Waals surface area (Å²) in [4.78, 5) is 20.9. The second-order valence-electron chi connectivity index (χ2n) is 7.11. The monoisotopic (exact) mass is 425 g/mol. The van der Waals surface area contributed by atoms with Crippen LogP contribution in [0, 0.1) is 0 Å². The van der Waals surface area contributed by atoms with E-state index in [-0.39, 0.29) is 5.91 Å². The third-order valence-electron chi connectivity index (χ3n) is 4.71. The van der Waals surface area contributed by atoms with Crippen LogP contribution in [0.25, 0.3) is 0 Å². The summed E-state index contributed by atoms with van der Waals surface area (Å²) in [5, 5.41) is 2.94. The molecule has 0 saturated heterocycles. The topological polar surface area (TPSA) is 73.3 Å². The van der Waals surface area contributed by atoms with Crippen molar-refractivity contribution in [3.8, 4) is 11.5 Å². The van der Waals surface area contributed by atoms with Gasteiger partial charge in [-0.2, -0.15) is 0 Å².